The Balaban J connectivity index is 1.15. The lowest BCUT2D eigenvalue weighted by Gasteiger charge is -2.14. The maximum Gasteiger partial charge on any atom is 0.137 e. The number of hydrogen-bond donors (Lipinski definition) is 0. The molecule has 8 aromatic rings. The van der Waals surface area contributed by atoms with Gasteiger partial charge in [0.15, 0.2) is 0 Å². The Kier molecular flexibility index (Phi) is 7.18. The first-order valence-corrected chi connectivity index (χ1v) is 16.3. The lowest BCUT2D eigenvalue weighted by Crippen LogP contribution is -2.00. The van der Waals surface area contributed by atoms with Gasteiger partial charge in [0.1, 0.15) is 17.3 Å². The fourth-order valence-electron chi connectivity index (χ4n) is 7.13. The van der Waals surface area contributed by atoms with Gasteiger partial charge in [-0.1, -0.05) is 66.7 Å². The van der Waals surface area contributed by atoms with Crippen molar-refractivity contribution in [1.82, 2.24) is 19.3 Å². The molecule has 0 bridgehead atoms. The van der Waals surface area contributed by atoms with Crippen molar-refractivity contribution in [3.8, 4) is 45.3 Å². The van der Waals surface area contributed by atoms with Crippen LogP contribution < -0.4 is 4.74 Å². The number of fused-ring (bicyclic) bond motifs is 3. The summed E-state index contributed by atoms with van der Waals surface area (Å²) in [6.45, 7) is 10.7. The van der Waals surface area contributed by atoms with Crippen molar-refractivity contribution in [2.45, 2.75) is 34.6 Å². The van der Waals surface area contributed by atoms with Crippen molar-refractivity contribution in [3.05, 3.63) is 156 Å². The molecule has 5 aromatic carbocycles. The van der Waals surface area contributed by atoms with Gasteiger partial charge in [0.05, 0.1) is 22.4 Å². The third-order valence-electron chi connectivity index (χ3n) is 9.25. The fraction of sp³-hybridized carbons (Fsp3) is 0.116. The summed E-state index contributed by atoms with van der Waals surface area (Å²) < 4.78 is 10.8. The molecule has 234 valence electrons. The SMILES string of the molecule is Cc1ccnc(-n2c3ccccc3c3ccc(Oc4cccc(-n5nc(C)c(-c6c(C)cc(-c7ccccc7)cc6C)c5C)c4)cc32)c1. The predicted octanol–water partition coefficient (Wildman–Crippen LogP) is 11.0. The number of aromatic nitrogens is 4. The molecule has 0 spiro atoms. The van der Waals surface area contributed by atoms with Gasteiger partial charge in [-0.05, 0) is 110 Å². The second kappa shape index (κ2) is 11.7. The van der Waals surface area contributed by atoms with Crippen molar-refractivity contribution in [3.63, 3.8) is 0 Å². The highest BCUT2D eigenvalue weighted by atomic mass is 16.5. The van der Waals surface area contributed by atoms with E-state index in [2.05, 4.69) is 136 Å². The van der Waals surface area contributed by atoms with Gasteiger partial charge in [-0.25, -0.2) is 9.67 Å². The van der Waals surface area contributed by atoms with Gasteiger partial charge < -0.3 is 4.74 Å². The summed E-state index contributed by atoms with van der Waals surface area (Å²) in [5, 5.41) is 7.38. The number of para-hydroxylation sites is 1. The van der Waals surface area contributed by atoms with E-state index in [1.807, 2.05) is 35.1 Å². The molecular formula is C43H36N4O. The van der Waals surface area contributed by atoms with Crippen molar-refractivity contribution in [2.75, 3.05) is 0 Å². The summed E-state index contributed by atoms with van der Waals surface area (Å²) in [6, 6.07) is 42.2. The molecule has 0 atom stereocenters. The Hall–Kier alpha value is -5.94. The van der Waals surface area contributed by atoms with Crippen LogP contribution in [0.3, 0.4) is 0 Å². The Bertz CT molecular complexity index is 2460. The van der Waals surface area contributed by atoms with E-state index in [0.29, 0.717) is 0 Å². The third kappa shape index (κ3) is 5.05. The highest BCUT2D eigenvalue weighted by Crippen LogP contribution is 2.38. The van der Waals surface area contributed by atoms with E-state index in [0.717, 1.165) is 56.4 Å². The van der Waals surface area contributed by atoms with Crippen LogP contribution in [0.1, 0.15) is 28.1 Å². The molecule has 3 heterocycles. The number of benzene rings is 5. The fourth-order valence-corrected chi connectivity index (χ4v) is 7.13. The van der Waals surface area contributed by atoms with Gasteiger partial charge in [-0.15, -0.1) is 0 Å². The zero-order valence-corrected chi connectivity index (χ0v) is 27.8. The lowest BCUT2D eigenvalue weighted by molar-refractivity contribution is 0.482. The van der Waals surface area contributed by atoms with Gasteiger partial charge in [-0.3, -0.25) is 4.57 Å². The van der Waals surface area contributed by atoms with E-state index in [1.54, 1.807) is 0 Å². The molecule has 0 aliphatic heterocycles. The van der Waals surface area contributed by atoms with E-state index >= 15 is 0 Å². The molecule has 0 saturated heterocycles. The van der Waals surface area contributed by atoms with Crippen molar-refractivity contribution in [2.24, 2.45) is 0 Å². The number of ether oxygens (including phenoxy) is 1. The first-order valence-electron chi connectivity index (χ1n) is 16.3. The normalized spacial score (nSPS) is 11.4. The highest BCUT2D eigenvalue weighted by Gasteiger charge is 2.20. The van der Waals surface area contributed by atoms with E-state index in [4.69, 9.17) is 14.8 Å². The molecular weight excluding hydrogens is 589 g/mol. The maximum absolute atomic E-state index is 6.54. The number of hydrogen-bond acceptors (Lipinski definition) is 3. The monoisotopic (exact) mass is 624 g/mol. The van der Waals surface area contributed by atoms with Gasteiger partial charge >= 0.3 is 0 Å². The summed E-state index contributed by atoms with van der Waals surface area (Å²) >= 11 is 0. The van der Waals surface area contributed by atoms with Crippen LogP contribution in [-0.4, -0.2) is 19.3 Å². The minimum atomic E-state index is 0.747. The molecule has 5 heteroatoms. The number of pyridine rings is 1. The van der Waals surface area contributed by atoms with E-state index in [1.165, 1.54) is 38.8 Å². The second-order valence-electron chi connectivity index (χ2n) is 12.6. The summed E-state index contributed by atoms with van der Waals surface area (Å²) in [5.41, 5.74) is 13.7. The molecule has 0 fully saturated rings. The largest absolute Gasteiger partial charge is 0.457 e. The third-order valence-corrected chi connectivity index (χ3v) is 9.25. The molecule has 0 radical (unpaired) electrons. The molecule has 3 aromatic heterocycles. The Morgan fingerprint density at radius 2 is 1.29 bits per heavy atom. The van der Waals surface area contributed by atoms with Crippen LogP contribution in [0.15, 0.2) is 128 Å². The Labute approximate surface area is 280 Å². The first kappa shape index (κ1) is 29.5. The number of nitrogens with zero attached hydrogens (tertiary/aromatic N) is 4. The molecule has 0 N–H and O–H groups in total. The van der Waals surface area contributed by atoms with Crippen LogP contribution in [0.25, 0.3) is 55.6 Å². The van der Waals surface area contributed by atoms with E-state index < -0.39 is 0 Å². The minimum absolute atomic E-state index is 0.747. The van der Waals surface area contributed by atoms with Crippen LogP contribution in [0.2, 0.25) is 0 Å². The van der Waals surface area contributed by atoms with Gasteiger partial charge in [0.25, 0.3) is 0 Å². The minimum Gasteiger partial charge on any atom is -0.457 e. The Morgan fingerprint density at radius 1 is 0.562 bits per heavy atom. The molecule has 48 heavy (non-hydrogen) atoms. The van der Waals surface area contributed by atoms with Gasteiger partial charge in [-0.2, -0.15) is 5.10 Å². The molecule has 5 nitrogen and oxygen atoms in total. The summed E-state index contributed by atoms with van der Waals surface area (Å²) in [5.74, 6) is 2.40. The average molecular weight is 625 g/mol. The molecule has 0 aliphatic rings. The van der Waals surface area contributed by atoms with Gasteiger partial charge in [0, 0.05) is 40.4 Å². The smallest absolute Gasteiger partial charge is 0.137 e. The van der Waals surface area contributed by atoms with Crippen molar-refractivity contribution in [1.29, 1.82) is 0 Å². The van der Waals surface area contributed by atoms with Gasteiger partial charge in [0.2, 0.25) is 0 Å². The first-order chi connectivity index (χ1) is 23.4. The Morgan fingerprint density at radius 3 is 2.08 bits per heavy atom. The van der Waals surface area contributed by atoms with E-state index in [-0.39, 0.29) is 0 Å². The summed E-state index contributed by atoms with van der Waals surface area (Å²) in [4.78, 5) is 4.72. The molecule has 0 saturated carbocycles. The lowest BCUT2D eigenvalue weighted by atomic mass is 9.90. The second-order valence-corrected chi connectivity index (χ2v) is 12.6. The van der Waals surface area contributed by atoms with Crippen molar-refractivity contribution >= 4 is 21.8 Å². The summed E-state index contributed by atoms with van der Waals surface area (Å²) in [6.07, 6.45) is 1.86. The van der Waals surface area contributed by atoms with Crippen LogP contribution in [0.4, 0.5) is 0 Å². The predicted molar refractivity (Wildman–Crippen MR) is 197 cm³/mol. The standard InChI is InChI=1S/C43H36N4O/c1-27-20-21-44-41(22-27)46-39-17-10-9-16-37(39)38-19-18-36(26-40(38)46)48-35-15-11-14-34(25-35)47-31(5)43(30(4)45-47)42-28(2)23-33(24-29(42)3)32-12-7-6-8-13-32/h6-26H,1-5H3. The van der Waals surface area contributed by atoms with Crippen LogP contribution in [0, 0.1) is 34.6 Å². The van der Waals surface area contributed by atoms with E-state index in [9.17, 15) is 0 Å². The molecule has 0 amide bonds. The molecule has 0 unspecified atom stereocenters. The maximum atomic E-state index is 6.54. The quantitative estimate of drug-likeness (QED) is 0.185. The highest BCUT2D eigenvalue weighted by molar-refractivity contribution is 6.09. The zero-order valence-electron chi connectivity index (χ0n) is 27.8. The van der Waals surface area contributed by atoms with Crippen LogP contribution >= 0.6 is 0 Å². The zero-order chi connectivity index (χ0) is 32.9. The van der Waals surface area contributed by atoms with Crippen LogP contribution in [0.5, 0.6) is 11.5 Å². The number of rotatable bonds is 6. The number of aryl methyl sites for hydroxylation is 4. The topological polar surface area (TPSA) is 44.9 Å². The molecule has 8 rings (SSSR count). The molecule has 0 aliphatic carbocycles. The van der Waals surface area contributed by atoms with Crippen molar-refractivity contribution < 1.29 is 4.74 Å². The van der Waals surface area contributed by atoms with Crippen LogP contribution in [-0.2, 0) is 0 Å². The summed E-state index contributed by atoms with van der Waals surface area (Å²) in [7, 11) is 0. The average Bonchev–Trinajstić information content (AvgIpc) is 3.57.